The van der Waals surface area contributed by atoms with E-state index in [9.17, 15) is 0 Å². The minimum atomic E-state index is -0.0789. The van der Waals surface area contributed by atoms with Gasteiger partial charge in [0.25, 0.3) is 0 Å². The molecule has 4 aromatic rings. The molecule has 1 aromatic carbocycles. The van der Waals surface area contributed by atoms with Crippen LogP contribution >= 0.6 is 0 Å². The predicted molar refractivity (Wildman–Crippen MR) is 92.9 cm³/mol. The van der Waals surface area contributed by atoms with Crippen LogP contribution in [-0.4, -0.2) is 20.2 Å². The summed E-state index contributed by atoms with van der Waals surface area (Å²) < 4.78 is 12.7. The lowest BCUT2D eigenvalue weighted by atomic mass is 10.0. The molecule has 0 aliphatic heterocycles. The summed E-state index contributed by atoms with van der Waals surface area (Å²) >= 11 is 0. The highest BCUT2D eigenvalue weighted by molar-refractivity contribution is 5.78. The molecule has 0 saturated carbocycles. The summed E-state index contributed by atoms with van der Waals surface area (Å²) in [7, 11) is 0. The van der Waals surface area contributed by atoms with Gasteiger partial charge >= 0.3 is 0 Å². The Morgan fingerprint density at radius 3 is 2.68 bits per heavy atom. The Labute approximate surface area is 145 Å². The average molecular weight is 334 g/mol. The SMILES string of the molecule is CCc1cc([C@H](C)n2cc(-c3ccccc3-c3ccco3)nn2)on1. The Balaban J connectivity index is 1.68. The van der Waals surface area contributed by atoms with Crippen molar-refractivity contribution in [3.8, 4) is 22.6 Å². The van der Waals surface area contributed by atoms with Crippen LogP contribution in [0, 0.1) is 0 Å². The van der Waals surface area contributed by atoms with Gasteiger partial charge in [-0.15, -0.1) is 5.10 Å². The van der Waals surface area contributed by atoms with Crippen LogP contribution in [0.3, 0.4) is 0 Å². The number of hydrogen-bond donors (Lipinski definition) is 0. The van der Waals surface area contributed by atoms with Gasteiger partial charge in [-0.3, -0.25) is 0 Å². The van der Waals surface area contributed by atoms with Crippen molar-refractivity contribution in [1.29, 1.82) is 0 Å². The molecular weight excluding hydrogens is 316 g/mol. The van der Waals surface area contributed by atoms with Gasteiger partial charge in [0.1, 0.15) is 17.5 Å². The second-order valence-electron chi connectivity index (χ2n) is 5.86. The molecule has 25 heavy (non-hydrogen) atoms. The zero-order valence-electron chi connectivity index (χ0n) is 14.1. The molecule has 0 aliphatic carbocycles. The van der Waals surface area contributed by atoms with Gasteiger partial charge in [-0.1, -0.05) is 41.6 Å². The van der Waals surface area contributed by atoms with Gasteiger partial charge in [0, 0.05) is 17.2 Å². The highest BCUT2D eigenvalue weighted by atomic mass is 16.5. The molecule has 3 aromatic heterocycles. The summed E-state index contributed by atoms with van der Waals surface area (Å²) in [5, 5.41) is 12.7. The van der Waals surface area contributed by atoms with E-state index >= 15 is 0 Å². The van der Waals surface area contributed by atoms with Crippen LogP contribution in [0.25, 0.3) is 22.6 Å². The lowest BCUT2D eigenvalue weighted by Gasteiger charge is -2.06. The van der Waals surface area contributed by atoms with Crippen LogP contribution in [0.5, 0.6) is 0 Å². The highest BCUT2D eigenvalue weighted by Gasteiger charge is 2.18. The molecule has 1 atom stereocenters. The van der Waals surface area contributed by atoms with Crippen molar-refractivity contribution < 1.29 is 8.94 Å². The Morgan fingerprint density at radius 2 is 1.96 bits per heavy atom. The molecule has 0 unspecified atom stereocenters. The van der Waals surface area contributed by atoms with Gasteiger partial charge in [0.15, 0.2) is 5.76 Å². The molecule has 0 spiro atoms. The first-order chi connectivity index (χ1) is 12.3. The second-order valence-corrected chi connectivity index (χ2v) is 5.86. The number of rotatable bonds is 5. The summed E-state index contributed by atoms with van der Waals surface area (Å²) in [6.07, 6.45) is 4.43. The van der Waals surface area contributed by atoms with Crippen LogP contribution in [0.15, 0.2) is 63.9 Å². The van der Waals surface area contributed by atoms with Gasteiger partial charge in [-0.25, -0.2) is 4.68 Å². The molecule has 4 rings (SSSR count). The monoisotopic (exact) mass is 334 g/mol. The summed E-state index contributed by atoms with van der Waals surface area (Å²) in [4.78, 5) is 0. The number of hydrogen-bond acceptors (Lipinski definition) is 5. The molecule has 0 bridgehead atoms. The van der Waals surface area contributed by atoms with E-state index in [4.69, 9.17) is 8.94 Å². The van der Waals surface area contributed by atoms with E-state index in [1.54, 1.807) is 10.9 Å². The molecule has 0 radical (unpaired) electrons. The summed E-state index contributed by atoms with van der Waals surface area (Å²) in [6.45, 7) is 4.06. The molecule has 0 N–H and O–H groups in total. The van der Waals surface area contributed by atoms with Crippen LogP contribution in [-0.2, 0) is 6.42 Å². The number of benzene rings is 1. The Hall–Kier alpha value is -3.15. The lowest BCUT2D eigenvalue weighted by Crippen LogP contribution is -2.06. The third-order valence-corrected chi connectivity index (χ3v) is 4.25. The van der Waals surface area contributed by atoms with Crippen LogP contribution < -0.4 is 0 Å². The minimum Gasteiger partial charge on any atom is -0.464 e. The Bertz CT molecular complexity index is 969. The van der Waals surface area contributed by atoms with E-state index in [0.717, 1.165) is 40.5 Å². The van der Waals surface area contributed by atoms with Gasteiger partial charge in [-0.05, 0) is 25.5 Å². The van der Waals surface area contributed by atoms with E-state index in [2.05, 4.69) is 15.5 Å². The first kappa shape index (κ1) is 15.4. The highest BCUT2D eigenvalue weighted by Crippen LogP contribution is 2.31. The normalized spacial score (nSPS) is 12.4. The average Bonchev–Trinajstić information content (AvgIpc) is 3.42. The smallest absolute Gasteiger partial charge is 0.161 e. The van der Waals surface area contributed by atoms with Crippen molar-refractivity contribution in [3.63, 3.8) is 0 Å². The Kier molecular flexibility index (Phi) is 3.93. The van der Waals surface area contributed by atoms with E-state index in [-0.39, 0.29) is 6.04 Å². The Morgan fingerprint density at radius 1 is 1.12 bits per heavy atom. The van der Waals surface area contributed by atoms with Gasteiger partial charge < -0.3 is 8.94 Å². The van der Waals surface area contributed by atoms with Crippen molar-refractivity contribution >= 4 is 0 Å². The van der Waals surface area contributed by atoms with Gasteiger partial charge in [-0.2, -0.15) is 0 Å². The zero-order valence-corrected chi connectivity index (χ0v) is 14.1. The van der Waals surface area contributed by atoms with Crippen molar-refractivity contribution in [2.24, 2.45) is 0 Å². The van der Waals surface area contributed by atoms with E-state index in [1.165, 1.54) is 0 Å². The number of aromatic nitrogens is 4. The molecule has 126 valence electrons. The minimum absolute atomic E-state index is 0.0789. The lowest BCUT2D eigenvalue weighted by molar-refractivity contribution is 0.338. The topological polar surface area (TPSA) is 69.9 Å². The molecule has 0 fully saturated rings. The van der Waals surface area contributed by atoms with Crippen LogP contribution in [0.4, 0.5) is 0 Å². The first-order valence-corrected chi connectivity index (χ1v) is 8.27. The number of nitrogens with zero attached hydrogens (tertiary/aromatic N) is 4. The van der Waals surface area contributed by atoms with Crippen molar-refractivity contribution in [2.75, 3.05) is 0 Å². The zero-order chi connectivity index (χ0) is 17.2. The molecule has 6 nitrogen and oxygen atoms in total. The van der Waals surface area contributed by atoms with E-state index in [0.29, 0.717) is 0 Å². The van der Waals surface area contributed by atoms with Gasteiger partial charge in [0.2, 0.25) is 0 Å². The summed E-state index contributed by atoms with van der Waals surface area (Å²) in [6, 6.07) is 13.7. The van der Waals surface area contributed by atoms with Crippen molar-refractivity contribution in [2.45, 2.75) is 26.3 Å². The quantitative estimate of drug-likeness (QED) is 0.542. The molecule has 3 heterocycles. The van der Waals surface area contributed by atoms with Crippen molar-refractivity contribution in [1.82, 2.24) is 20.2 Å². The third kappa shape index (κ3) is 2.87. The second kappa shape index (κ2) is 6.39. The maximum atomic E-state index is 5.54. The largest absolute Gasteiger partial charge is 0.464 e. The first-order valence-electron chi connectivity index (χ1n) is 8.27. The summed E-state index contributed by atoms with van der Waals surface area (Å²) in [5.41, 5.74) is 3.68. The molecule has 0 saturated heterocycles. The van der Waals surface area contributed by atoms with Crippen molar-refractivity contribution in [3.05, 3.63) is 66.4 Å². The fourth-order valence-electron chi connectivity index (χ4n) is 2.76. The maximum absolute atomic E-state index is 5.54. The van der Waals surface area contributed by atoms with E-state index < -0.39 is 0 Å². The third-order valence-electron chi connectivity index (χ3n) is 4.25. The standard InChI is InChI=1S/C19H18N4O2/c1-3-14-11-19(25-21-14)13(2)23-12-17(20-22-23)15-7-4-5-8-16(15)18-9-6-10-24-18/h4-13H,3H2,1-2H3/t13-/m0/s1. The fraction of sp³-hybridized carbons (Fsp3) is 0.211. The fourth-order valence-corrected chi connectivity index (χ4v) is 2.76. The molecule has 6 heteroatoms. The summed E-state index contributed by atoms with van der Waals surface area (Å²) in [5.74, 6) is 1.58. The van der Waals surface area contributed by atoms with Gasteiger partial charge in [0.05, 0.1) is 18.2 Å². The molecule has 0 amide bonds. The molecular formula is C19H18N4O2. The van der Waals surface area contributed by atoms with Crippen LogP contribution in [0.1, 0.15) is 31.3 Å². The number of aryl methyl sites for hydroxylation is 1. The number of furan rings is 1. The van der Waals surface area contributed by atoms with E-state index in [1.807, 2.05) is 62.5 Å². The molecule has 0 aliphatic rings. The van der Waals surface area contributed by atoms with Crippen LogP contribution in [0.2, 0.25) is 0 Å². The maximum Gasteiger partial charge on any atom is 0.161 e. The predicted octanol–water partition coefficient (Wildman–Crippen LogP) is 4.36.